The van der Waals surface area contributed by atoms with Crippen LogP contribution >= 0.6 is 12.2 Å². The van der Waals surface area contributed by atoms with Gasteiger partial charge in [-0.2, -0.15) is 0 Å². The van der Waals surface area contributed by atoms with E-state index < -0.39 is 0 Å². The summed E-state index contributed by atoms with van der Waals surface area (Å²) in [5.41, 5.74) is 4.25. The Balaban J connectivity index is 1.85. The van der Waals surface area contributed by atoms with Crippen molar-refractivity contribution in [1.82, 2.24) is 24.7 Å². The van der Waals surface area contributed by atoms with Gasteiger partial charge in [-0.1, -0.05) is 6.07 Å². The number of benzene rings is 1. The zero-order valence-corrected chi connectivity index (χ0v) is 21.4. The number of nitro groups is 1. The van der Waals surface area contributed by atoms with Crippen molar-refractivity contribution in [2.24, 2.45) is 0 Å². The van der Waals surface area contributed by atoms with Crippen LogP contribution in [0.3, 0.4) is 0 Å². The Hall–Kier alpha value is -3.50. The quantitative estimate of drug-likeness (QED) is 0.286. The molecule has 3 heterocycles. The zero-order chi connectivity index (χ0) is 25.3. The molecule has 1 fully saturated rings. The second kappa shape index (κ2) is 10.0. The van der Waals surface area contributed by atoms with Crippen molar-refractivity contribution in [2.75, 3.05) is 34.3 Å². The first-order valence-corrected chi connectivity index (χ1v) is 11.8. The van der Waals surface area contributed by atoms with Gasteiger partial charge in [0.05, 0.1) is 35.9 Å². The largest absolute Gasteiger partial charge is 0.496 e. The lowest BCUT2D eigenvalue weighted by Gasteiger charge is -2.29. The number of thiocarbonyl (C=S) groups is 1. The van der Waals surface area contributed by atoms with E-state index in [0.29, 0.717) is 16.5 Å². The van der Waals surface area contributed by atoms with Crippen molar-refractivity contribution in [3.8, 4) is 11.4 Å². The summed E-state index contributed by atoms with van der Waals surface area (Å²) in [5.74, 6) is 0.443. The van der Waals surface area contributed by atoms with E-state index in [1.165, 1.54) is 13.2 Å². The highest BCUT2D eigenvalue weighted by atomic mass is 32.1. The molecule has 35 heavy (non-hydrogen) atoms. The predicted octanol–water partition coefficient (Wildman–Crippen LogP) is 3.94. The molecule has 1 aliphatic heterocycles. The van der Waals surface area contributed by atoms with Crippen molar-refractivity contribution >= 4 is 23.0 Å². The highest BCUT2D eigenvalue weighted by Crippen LogP contribution is 2.42. The van der Waals surface area contributed by atoms with E-state index in [9.17, 15) is 10.1 Å². The first kappa shape index (κ1) is 24.6. The van der Waals surface area contributed by atoms with Gasteiger partial charge in [0.2, 0.25) is 0 Å². The Morgan fingerprint density at radius 1 is 1.23 bits per heavy atom. The smallest absolute Gasteiger partial charge is 0.296 e. The van der Waals surface area contributed by atoms with Crippen molar-refractivity contribution in [2.45, 2.75) is 25.9 Å². The van der Waals surface area contributed by atoms with Crippen molar-refractivity contribution in [1.29, 1.82) is 0 Å². The number of aromatic nitrogens is 2. The normalized spacial score (nSPS) is 17.7. The van der Waals surface area contributed by atoms with Crippen LogP contribution in [0.2, 0.25) is 0 Å². The molecular weight excluding hydrogens is 464 g/mol. The highest BCUT2D eigenvalue weighted by Gasteiger charge is 2.41. The van der Waals surface area contributed by atoms with Gasteiger partial charge in [0.25, 0.3) is 5.69 Å². The Labute approximate surface area is 210 Å². The second-order valence-electron chi connectivity index (χ2n) is 8.90. The summed E-state index contributed by atoms with van der Waals surface area (Å²) in [4.78, 5) is 20.5. The molecule has 2 atom stereocenters. The van der Waals surface area contributed by atoms with Gasteiger partial charge in [0.1, 0.15) is 11.4 Å². The first-order chi connectivity index (χ1) is 16.7. The third-order valence-electron chi connectivity index (χ3n) is 6.39. The molecule has 3 aromatic rings. The van der Waals surface area contributed by atoms with E-state index >= 15 is 0 Å². The van der Waals surface area contributed by atoms with Gasteiger partial charge in [-0.15, -0.1) is 0 Å². The summed E-state index contributed by atoms with van der Waals surface area (Å²) in [6, 6.07) is 12.6. The number of nitrogens with one attached hydrogen (secondary N) is 1. The number of ether oxygens (including phenoxy) is 1. The maximum Gasteiger partial charge on any atom is 0.296 e. The molecule has 0 unspecified atom stereocenters. The number of hydrogen-bond donors (Lipinski definition) is 1. The van der Waals surface area contributed by atoms with Crippen LogP contribution in [-0.2, 0) is 0 Å². The molecule has 0 saturated carbocycles. The summed E-state index contributed by atoms with van der Waals surface area (Å²) in [5, 5.41) is 16.1. The third kappa shape index (κ3) is 4.71. The molecule has 4 rings (SSSR count). The number of hydrogen-bond acceptors (Lipinski definition) is 6. The summed E-state index contributed by atoms with van der Waals surface area (Å²) in [7, 11) is 5.57. The number of rotatable bonds is 8. The number of methoxy groups -OCH3 is 1. The van der Waals surface area contributed by atoms with Crippen LogP contribution in [0.1, 0.15) is 34.7 Å². The van der Waals surface area contributed by atoms with Gasteiger partial charge >= 0.3 is 0 Å². The van der Waals surface area contributed by atoms with Gasteiger partial charge in [-0.05, 0) is 76.1 Å². The molecule has 10 heteroatoms. The Bertz CT molecular complexity index is 1240. The molecule has 1 aliphatic rings. The second-order valence-corrected chi connectivity index (χ2v) is 9.28. The number of nitro benzene ring substituents is 1. The number of likely N-dealkylation sites (N-methyl/N-ethyl adjacent to an activating group) is 1. The molecule has 1 saturated heterocycles. The van der Waals surface area contributed by atoms with E-state index in [2.05, 4.69) is 26.2 Å². The molecule has 0 amide bonds. The minimum atomic E-state index is -0.372. The van der Waals surface area contributed by atoms with Crippen LogP contribution < -0.4 is 10.1 Å². The van der Waals surface area contributed by atoms with Crippen LogP contribution in [0.4, 0.5) is 5.69 Å². The molecule has 9 nitrogen and oxygen atoms in total. The summed E-state index contributed by atoms with van der Waals surface area (Å²) < 4.78 is 7.16. The minimum Gasteiger partial charge on any atom is -0.496 e. The fourth-order valence-corrected chi connectivity index (χ4v) is 5.05. The van der Waals surface area contributed by atoms with Crippen molar-refractivity contribution in [3.63, 3.8) is 0 Å². The third-order valence-corrected chi connectivity index (χ3v) is 6.75. The number of pyridine rings is 1. The maximum absolute atomic E-state index is 11.9. The summed E-state index contributed by atoms with van der Waals surface area (Å²) in [6.07, 6.45) is 1.78. The standard InChI is InChI=1S/C25H30N6O3S/c1-16-14-19(17(2)30(16)21-10-9-18(34-5)15-22(21)31(32)33)24-23(20-8-6-7-11-26-20)27-25(35)29(24)13-12-28(3)4/h6-11,14-15,23-24H,12-13H2,1-5H3,(H,27,35)/t23-,24-/m1/s1. The lowest BCUT2D eigenvalue weighted by Crippen LogP contribution is -2.35. The van der Waals surface area contributed by atoms with Crippen LogP contribution in [0.25, 0.3) is 5.69 Å². The van der Waals surface area contributed by atoms with Crippen molar-refractivity contribution in [3.05, 3.63) is 81.4 Å². The number of aryl methyl sites for hydroxylation is 1. The van der Waals surface area contributed by atoms with Crippen LogP contribution in [-0.4, -0.2) is 63.7 Å². The minimum absolute atomic E-state index is 0.0106. The van der Waals surface area contributed by atoms with E-state index in [1.807, 2.05) is 50.7 Å². The first-order valence-electron chi connectivity index (χ1n) is 11.4. The van der Waals surface area contributed by atoms with Crippen LogP contribution in [0.15, 0.2) is 48.7 Å². The summed E-state index contributed by atoms with van der Waals surface area (Å²) in [6.45, 7) is 5.53. The van der Waals surface area contributed by atoms with Gasteiger partial charge in [0.15, 0.2) is 5.11 Å². The molecule has 0 aliphatic carbocycles. The predicted molar refractivity (Wildman–Crippen MR) is 139 cm³/mol. The molecule has 1 aromatic carbocycles. The molecule has 0 bridgehead atoms. The molecule has 0 spiro atoms. The number of nitrogens with zero attached hydrogens (tertiary/aromatic N) is 5. The Kier molecular flexibility index (Phi) is 7.04. The van der Waals surface area contributed by atoms with E-state index in [1.54, 1.807) is 18.3 Å². The van der Waals surface area contributed by atoms with Crippen LogP contribution in [0, 0.1) is 24.0 Å². The van der Waals surface area contributed by atoms with Gasteiger partial charge < -0.3 is 24.4 Å². The molecular formula is C25H30N6O3S. The van der Waals surface area contributed by atoms with Crippen LogP contribution in [0.5, 0.6) is 5.75 Å². The van der Waals surface area contributed by atoms with E-state index in [-0.39, 0.29) is 22.7 Å². The lowest BCUT2D eigenvalue weighted by atomic mass is 9.96. The van der Waals surface area contributed by atoms with Crippen molar-refractivity contribution < 1.29 is 9.66 Å². The average Bonchev–Trinajstić information content (AvgIpc) is 3.32. The SMILES string of the molecule is COc1ccc(-n2c(C)cc([C@@H]3[C@@H](c4ccccn4)NC(=S)N3CCN(C)C)c2C)c([N+](=O)[O-])c1. The van der Waals surface area contributed by atoms with Gasteiger partial charge in [0, 0.05) is 30.7 Å². The zero-order valence-electron chi connectivity index (χ0n) is 20.6. The lowest BCUT2D eigenvalue weighted by molar-refractivity contribution is -0.384. The Morgan fingerprint density at radius 3 is 2.63 bits per heavy atom. The maximum atomic E-state index is 11.9. The molecule has 1 N–H and O–H groups in total. The topological polar surface area (TPSA) is 88.7 Å². The van der Waals surface area contributed by atoms with Gasteiger partial charge in [-0.3, -0.25) is 15.1 Å². The fraction of sp³-hybridized carbons (Fsp3) is 0.360. The molecule has 184 valence electrons. The fourth-order valence-electron chi connectivity index (χ4n) is 4.72. The van der Waals surface area contributed by atoms with Gasteiger partial charge in [-0.25, -0.2) is 0 Å². The summed E-state index contributed by atoms with van der Waals surface area (Å²) >= 11 is 5.76. The van der Waals surface area contributed by atoms with E-state index in [4.69, 9.17) is 17.0 Å². The molecule has 0 radical (unpaired) electrons. The Morgan fingerprint density at radius 2 is 2.00 bits per heavy atom. The van der Waals surface area contributed by atoms with E-state index in [0.717, 1.165) is 35.7 Å². The average molecular weight is 495 g/mol. The highest BCUT2D eigenvalue weighted by molar-refractivity contribution is 7.80. The molecule has 2 aromatic heterocycles. The monoisotopic (exact) mass is 494 g/mol.